The van der Waals surface area contributed by atoms with E-state index in [-0.39, 0.29) is 10.6 Å². The summed E-state index contributed by atoms with van der Waals surface area (Å²) in [7, 11) is -3.59. The fourth-order valence-electron chi connectivity index (χ4n) is 1.49. The highest BCUT2D eigenvalue weighted by Gasteiger charge is 2.24. The van der Waals surface area contributed by atoms with E-state index in [4.69, 9.17) is 5.11 Å². The number of carbonyl (C=O) groups is 1. The summed E-state index contributed by atoms with van der Waals surface area (Å²) in [6.07, 6.45) is 1.92. The third-order valence-corrected chi connectivity index (χ3v) is 4.30. The highest BCUT2D eigenvalue weighted by atomic mass is 32.2. The largest absolute Gasteiger partial charge is 0.477 e. The normalized spacial score (nSPS) is 11.9. The standard InChI is InChI=1S/C10H16N2O4S/c1-3-5-12(4-2)17(15,16)8-6-9(10(13)14)11-7-8/h6-7,11H,3-5H2,1-2H3,(H,13,14). The summed E-state index contributed by atoms with van der Waals surface area (Å²) in [5, 5.41) is 8.72. The lowest BCUT2D eigenvalue weighted by atomic mass is 10.4. The van der Waals surface area contributed by atoms with Crippen LogP contribution in [0.5, 0.6) is 0 Å². The number of nitrogens with zero attached hydrogens (tertiary/aromatic N) is 1. The second kappa shape index (κ2) is 5.33. The van der Waals surface area contributed by atoms with Gasteiger partial charge in [0.1, 0.15) is 10.6 Å². The molecule has 0 aliphatic heterocycles. The van der Waals surface area contributed by atoms with Crippen molar-refractivity contribution in [2.75, 3.05) is 13.1 Å². The molecular weight excluding hydrogens is 244 g/mol. The molecule has 0 radical (unpaired) electrons. The predicted molar refractivity (Wildman–Crippen MR) is 62.5 cm³/mol. The summed E-state index contributed by atoms with van der Waals surface area (Å²) in [6.45, 7) is 4.42. The summed E-state index contributed by atoms with van der Waals surface area (Å²) in [4.78, 5) is 13.1. The molecule has 0 unspecified atom stereocenters. The molecule has 0 amide bonds. The molecule has 0 atom stereocenters. The van der Waals surface area contributed by atoms with Gasteiger partial charge in [-0.2, -0.15) is 4.31 Å². The molecule has 96 valence electrons. The summed E-state index contributed by atoms with van der Waals surface area (Å²) in [5.41, 5.74) is -0.129. The van der Waals surface area contributed by atoms with Crippen molar-refractivity contribution in [3.63, 3.8) is 0 Å². The van der Waals surface area contributed by atoms with Crippen LogP contribution in [0.25, 0.3) is 0 Å². The molecule has 0 aromatic carbocycles. The molecule has 0 aliphatic rings. The van der Waals surface area contributed by atoms with Gasteiger partial charge in [-0.1, -0.05) is 13.8 Å². The summed E-state index contributed by atoms with van der Waals surface area (Å²) >= 11 is 0. The van der Waals surface area contributed by atoms with Crippen molar-refractivity contribution < 1.29 is 18.3 Å². The molecule has 0 bridgehead atoms. The Morgan fingerprint density at radius 1 is 1.47 bits per heavy atom. The van der Waals surface area contributed by atoms with Crippen molar-refractivity contribution in [3.8, 4) is 0 Å². The maximum atomic E-state index is 12.1. The van der Waals surface area contributed by atoms with Crippen LogP contribution in [0.15, 0.2) is 17.2 Å². The van der Waals surface area contributed by atoms with Crippen LogP contribution >= 0.6 is 0 Å². The van der Waals surface area contributed by atoms with Gasteiger partial charge < -0.3 is 10.1 Å². The Morgan fingerprint density at radius 2 is 2.12 bits per heavy atom. The van der Waals surface area contributed by atoms with Crippen LogP contribution in [0, 0.1) is 0 Å². The predicted octanol–water partition coefficient (Wildman–Crippen LogP) is 1.13. The zero-order chi connectivity index (χ0) is 13.1. The summed E-state index contributed by atoms with van der Waals surface area (Å²) in [5.74, 6) is -1.18. The van der Waals surface area contributed by atoms with Crippen LogP contribution < -0.4 is 0 Å². The first-order chi connectivity index (χ1) is 7.93. The Labute approximate surface area is 100 Å². The second-order valence-electron chi connectivity index (χ2n) is 3.55. The van der Waals surface area contributed by atoms with Crippen LogP contribution in [-0.2, 0) is 10.0 Å². The minimum Gasteiger partial charge on any atom is -0.477 e. The van der Waals surface area contributed by atoms with Gasteiger partial charge in [-0.15, -0.1) is 0 Å². The van der Waals surface area contributed by atoms with Crippen molar-refractivity contribution in [1.82, 2.24) is 9.29 Å². The molecule has 7 heteroatoms. The Hall–Kier alpha value is -1.34. The fraction of sp³-hybridized carbons (Fsp3) is 0.500. The number of H-pyrrole nitrogens is 1. The molecule has 0 aliphatic carbocycles. The Morgan fingerprint density at radius 3 is 2.53 bits per heavy atom. The van der Waals surface area contributed by atoms with Gasteiger partial charge in [0.2, 0.25) is 10.0 Å². The lowest BCUT2D eigenvalue weighted by molar-refractivity contribution is 0.0691. The van der Waals surface area contributed by atoms with Crippen LogP contribution in [0.3, 0.4) is 0 Å². The molecule has 1 aromatic rings. The van der Waals surface area contributed by atoms with E-state index in [1.165, 1.54) is 10.5 Å². The van der Waals surface area contributed by atoms with E-state index in [1.54, 1.807) is 6.92 Å². The zero-order valence-corrected chi connectivity index (χ0v) is 10.6. The number of sulfonamides is 1. The molecule has 6 nitrogen and oxygen atoms in total. The molecular formula is C10H16N2O4S. The first-order valence-corrected chi connectivity index (χ1v) is 6.79. The van der Waals surface area contributed by atoms with Crippen molar-refractivity contribution >= 4 is 16.0 Å². The average molecular weight is 260 g/mol. The number of hydrogen-bond donors (Lipinski definition) is 2. The quantitative estimate of drug-likeness (QED) is 0.802. The van der Waals surface area contributed by atoms with Gasteiger partial charge in [0.25, 0.3) is 0 Å². The van der Waals surface area contributed by atoms with Crippen LogP contribution in [0.1, 0.15) is 30.8 Å². The van der Waals surface area contributed by atoms with Crippen molar-refractivity contribution in [3.05, 3.63) is 18.0 Å². The van der Waals surface area contributed by atoms with E-state index >= 15 is 0 Å². The number of carboxylic acid groups (broad SMARTS) is 1. The Kier molecular flexibility index (Phi) is 4.30. The molecule has 17 heavy (non-hydrogen) atoms. The molecule has 1 rings (SSSR count). The van der Waals surface area contributed by atoms with Gasteiger partial charge in [-0.25, -0.2) is 13.2 Å². The van der Waals surface area contributed by atoms with Gasteiger partial charge >= 0.3 is 5.97 Å². The topological polar surface area (TPSA) is 90.5 Å². The van der Waals surface area contributed by atoms with E-state index in [0.717, 1.165) is 6.07 Å². The van der Waals surface area contributed by atoms with Gasteiger partial charge in [0, 0.05) is 19.3 Å². The average Bonchev–Trinajstić information content (AvgIpc) is 2.75. The minimum atomic E-state index is -3.59. The fourth-order valence-corrected chi connectivity index (χ4v) is 3.03. The molecule has 0 saturated heterocycles. The van der Waals surface area contributed by atoms with E-state index in [1.807, 2.05) is 6.92 Å². The van der Waals surface area contributed by atoms with E-state index in [0.29, 0.717) is 19.5 Å². The Bertz CT molecular complexity index is 492. The minimum absolute atomic E-state index is 0.00907. The Balaban J connectivity index is 3.07. The van der Waals surface area contributed by atoms with Gasteiger partial charge in [0.15, 0.2) is 0 Å². The van der Waals surface area contributed by atoms with Crippen LogP contribution in [0.2, 0.25) is 0 Å². The molecule has 0 fully saturated rings. The van der Waals surface area contributed by atoms with Crippen molar-refractivity contribution in [2.24, 2.45) is 0 Å². The summed E-state index contributed by atoms with van der Waals surface area (Å²) in [6, 6.07) is 1.13. The number of aromatic nitrogens is 1. The van der Waals surface area contributed by atoms with Crippen LogP contribution in [-0.4, -0.2) is 41.9 Å². The number of rotatable bonds is 6. The number of aromatic amines is 1. The molecule has 0 spiro atoms. The SMILES string of the molecule is CCCN(CC)S(=O)(=O)c1c[nH]c(C(=O)O)c1. The van der Waals surface area contributed by atoms with E-state index in [9.17, 15) is 13.2 Å². The zero-order valence-electron chi connectivity index (χ0n) is 9.80. The number of carboxylic acids is 1. The smallest absolute Gasteiger partial charge is 0.352 e. The van der Waals surface area contributed by atoms with Gasteiger partial charge in [-0.05, 0) is 12.5 Å². The number of hydrogen-bond acceptors (Lipinski definition) is 3. The van der Waals surface area contributed by atoms with Crippen molar-refractivity contribution in [1.29, 1.82) is 0 Å². The highest BCUT2D eigenvalue weighted by Crippen LogP contribution is 2.16. The van der Waals surface area contributed by atoms with Crippen LogP contribution in [0.4, 0.5) is 0 Å². The first-order valence-electron chi connectivity index (χ1n) is 5.35. The molecule has 0 saturated carbocycles. The molecule has 1 heterocycles. The van der Waals surface area contributed by atoms with Crippen molar-refractivity contribution in [2.45, 2.75) is 25.2 Å². The van der Waals surface area contributed by atoms with E-state index in [2.05, 4.69) is 4.98 Å². The number of nitrogens with one attached hydrogen (secondary N) is 1. The second-order valence-corrected chi connectivity index (χ2v) is 5.49. The lowest BCUT2D eigenvalue weighted by Crippen LogP contribution is -2.31. The van der Waals surface area contributed by atoms with Gasteiger partial charge in [-0.3, -0.25) is 0 Å². The number of aromatic carboxylic acids is 1. The lowest BCUT2D eigenvalue weighted by Gasteiger charge is -2.18. The third kappa shape index (κ3) is 2.86. The molecule has 1 aromatic heterocycles. The maximum absolute atomic E-state index is 12.1. The molecule has 2 N–H and O–H groups in total. The van der Waals surface area contributed by atoms with E-state index < -0.39 is 16.0 Å². The van der Waals surface area contributed by atoms with Gasteiger partial charge in [0.05, 0.1) is 0 Å². The maximum Gasteiger partial charge on any atom is 0.352 e. The summed E-state index contributed by atoms with van der Waals surface area (Å²) < 4.78 is 25.5. The highest BCUT2D eigenvalue weighted by molar-refractivity contribution is 7.89. The monoisotopic (exact) mass is 260 g/mol. The third-order valence-electron chi connectivity index (χ3n) is 2.35. The first kappa shape index (κ1) is 13.7.